The molecule has 1 rings (SSSR count). The summed E-state index contributed by atoms with van der Waals surface area (Å²) in [6.07, 6.45) is 0. The molecule has 0 spiro atoms. The minimum Gasteiger partial charge on any atom is -0.197 e. The molecule has 2 heteroatoms. The van der Waals surface area contributed by atoms with Crippen LogP contribution in [0.25, 0.3) is 0 Å². The summed E-state index contributed by atoms with van der Waals surface area (Å²) in [6.45, 7) is 10.5. The van der Waals surface area contributed by atoms with E-state index in [2.05, 4.69) is 38.3 Å². The molecule has 0 N–H and O–H groups in total. The minimum atomic E-state index is -0.353. The molecule has 1 nitrogen and oxygen atoms in total. The van der Waals surface area contributed by atoms with Gasteiger partial charge in [-0.15, -0.1) is 11.3 Å². The number of rotatable bonds is 1. The van der Waals surface area contributed by atoms with Gasteiger partial charge in [-0.25, -0.2) is 0 Å². The molecule has 1 heterocycles. The maximum Gasteiger partial charge on any atom is 0.0858 e. The second-order valence-corrected chi connectivity index (χ2v) is 6.10. The van der Waals surface area contributed by atoms with Crippen LogP contribution in [0.5, 0.6) is 0 Å². The SMILES string of the molecule is CC(C)(C)c1csc(C(C)(C)C#N)c1. The average molecular weight is 207 g/mol. The van der Waals surface area contributed by atoms with Crippen LogP contribution in [0.3, 0.4) is 0 Å². The molecule has 0 bridgehead atoms. The van der Waals surface area contributed by atoms with E-state index >= 15 is 0 Å². The van der Waals surface area contributed by atoms with Gasteiger partial charge in [-0.1, -0.05) is 20.8 Å². The zero-order chi connectivity index (χ0) is 11.0. The van der Waals surface area contributed by atoms with E-state index in [0.29, 0.717) is 0 Å². The van der Waals surface area contributed by atoms with Crippen molar-refractivity contribution in [3.63, 3.8) is 0 Å². The predicted molar refractivity (Wildman–Crippen MR) is 61.7 cm³/mol. The van der Waals surface area contributed by atoms with E-state index in [1.807, 2.05) is 13.8 Å². The van der Waals surface area contributed by atoms with Gasteiger partial charge in [0.15, 0.2) is 0 Å². The summed E-state index contributed by atoms with van der Waals surface area (Å²) in [5.41, 5.74) is 1.15. The maximum absolute atomic E-state index is 9.02. The van der Waals surface area contributed by atoms with E-state index < -0.39 is 0 Å². The zero-order valence-electron chi connectivity index (χ0n) is 9.51. The molecule has 0 aliphatic carbocycles. The molecular weight excluding hydrogens is 190 g/mol. The third kappa shape index (κ3) is 2.16. The van der Waals surface area contributed by atoms with E-state index in [0.717, 1.165) is 4.88 Å². The normalized spacial score (nSPS) is 12.6. The Hall–Kier alpha value is -0.810. The van der Waals surface area contributed by atoms with E-state index in [1.54, 1.807) is 11.3 Å². The van der Waals surface area contributed by atoms with Crippen LogP contribution < -0.4 is 0 Å². The maximum atomic E-state index is 9.02. The summed E-state index contributed by atoms with van der Waals surface area (Å²) in [5, 5.41) is 11.2. The molecule has 1 aromatic heterocycles. The van der Waals surface area contributed by atoms with Gasteiger partial charge in [0, 0.05) is 4.88 Å². The number of nitriles is 1. The van der Waals surface area contributed by atoms with Gasteiger partial charge in [0.05, 0.1) is 11.5 Å². The molecule has 14 heavy (non-hydrogen) atoms. The van der Waals surface area contributed by atoms with Crippen LogP contribution in [0.2, 0.25) is 0 Å². The number of hydrogen-bond acceptors (Lipinski definition) is 2. The van der Waals surface area contributed by atoms with Crippen molar-refractivity contribution in [3.8, 4) is 6.07 Å². The predicted octanol–water partition coefficient (Wildman–Crippen LogP) is 3.85. The molecule has 0 saturated heterocycles. The molecule has 0 radical (unpaired) electrons. The highest BCUT2D eigenvalue weighted by Crippen LogP contribution is 2.33. The van der Waals surface area contributed by atoms with Crippen LogP contribution in [-0.4, -0.2) is 0 Å². The van der Waals surface area contributed by atoms with Crippen molar-refractivity contribution in [2.45, 2.75) is 45.4 Å². The van der Waals surface area contributed by atoms with Crippen LogP contribution >= 0.6 is 11.3 Å². The minimum absolute atomic E-state index is 0.181. The largest absolute Gasteiger partial charge is 0.197 e. The van der Waals surface area contributed by atoms with Crippen molar-refractivity contribution in [3.05, 3.63) is 21.9 Å². The third-order valence-corrected chi connectivity index (χ3v) is 3.61. The smallest absolute Gasteiger partial charge is 0.0858 e. The molecule has 0 fully saturated rings. The Morgan fingerprint density at radius 3 is 2.14 bits per heavy atom. The van der Waals surface area contributed by atoms with Crippen LogP contribution in [0.15, 0.2) is 11.4 Å². The summed E-state index contributed by atoms with van der Waals surface area (Å²) in [6, 6.07) is 4.49. The standard InChI is InChI=1S/C12H17NS/c1-11(2,3)9-6-10(14-7-9)12(4,5)8-13/h6-7H,1-5H3. The number of nitrogens with zero attached hydrogens (tertiary/aromatic N) is 1. The Bertz CT molecular complexity index is 360. The van der Waals surface area contributed by atoms with Gasteiger partial charge in [0.1, 0.15) is 0 Å². The summed E-state index contributed by atoms with van der Waals surface area (Å²) in [7, 11) is 0. The lowest BCUT2D eigenvalue weighted by atomic mass is 9.86. The Labute approximate surface area is 90.4 Å². The molecule has 0 amide bonds. The lowest BCUT2D eigenvalue weighted by Crippen LogP contribution is -2.13. The van der Waals surface area contributed by atoms with Crippen LogP contribution in [0.4, 0.5) is 0 Å². The van der Waals surface area contributed by atoms with E-state index in [1.165, 1.54) is 5.56 Å². The third-order valence-electron chi connectivity index (χ3n) is 2.36. The fourth-order valence-corrected chi connectivity index (χ4v) is 2.32. The fourth-order valence-electron chi connectivity index (χ4n) is 1.11. The molecular formula is C12H17NS. The first-order valence-corrected chi connectivity index (χ1v) is 5.66. The Morgan fingerprint density at radius 2 is 1.79 bits per heavy atom. The van der Waals surface area contributed by atoms with Gasteiger partial charge in [0.25, 0.3) is 0 Å². The zero-order valence-corrected chi connectivity index (χ0v) is 10.3. The average Bonchev–Trinajstić information content (AvgIpc) is 2.51. The molecule has 0 aliphatic heterocycles. The monoisotopic (exact) mass is 207 g/mol. The highest BCUT2D eigenvalue weighted by atomic mass is 32.1. The second-order valence-electron chi connectivity index (χ2n) is 5.19. The Morgan fingerprint density at radius 1 is 1.21 bits per heavy atom. The molecule has 0 unspecified atom stereocenters. The summed E-state index contributed by atoms with van der Waals surface area (Å²) < 4.78 is 0. The van der Waals surface area contributed by atoms with Gasteiger partial charge in [-0.05, 0) is 36.3 Å². The molecule has 0 aliphatic rings. The van der Waals surface area contributed by atoms with Crippen LogP contribution in [-0.2, 0) is 10.8 Å². The van der Waals surface area contributed by atoms with Crippen molar-refractivity contribution in [1.29, 1.82) is 5.26 Å². The highest BCUT2D eigenvalue weighted by Gasteiger charge is 2.24. The summed E-state index contributed by atoms with van der Waals surface area (Å²) in [5.74, 6) is 0. The fraction of sp³-hybridized carbons (Fsp3) is 0.583. The first-order chi connectivity index (χ1) is 6.27. The molecule has 0 atom stereocenters. The van der Waals surface area contributed by atoms with Crippen molar-refractivity contribution in [2.75, 3.05) is 0 Å². The van der Waals surface area contributed by atoms with Gasteiger partial charge >= 0.3 is 0 Å². The van der Waals surface area contributed by atoms with Crippen molar-refractivity contribution in [1.82, 2.24) is 0 Å². The van der Waals surface area contributed by atoms with Gasteiger partial charge in [-0.2, -0.15) is 5.26 Å². The lowest BCUT2D eigenvalue weighted by molar-refractivity contribution is 0.590. The van der Waals surface area contributed by atoms with E-state index in [4.69, 9.17) is 5.26 Å². The quantitative estimate of drug-likeness (QED) is 0.686. The van der Waals surface area contributed by atoms with Crippen molar-refractivity contribution < 1.29 is 0 Å². The number of hydrogen-bond donors (Lipinski definition) is 0. The molecule has 1 aromatic rings. The summed E-state index contributed by atoms with van der Waals surface area (Å²) in [4.78, 5) is 1.16. The van der Waals surface area contributed by atoms with E-state index in [9.17, 15) is 0 Å². The van der Waals surface area contributed by atoms with Gasteiger partial charge < -0.3 is 0 Å². The molecule has 0 aromatic carbocycles. The van der Waals surface area contributed by atoms with Crippen molar-refractivity contribution in [2.24, 2.45) is 0 Å². The Kier molecular flexibility index (Phi) is 2.74. The topological polar surface area (TPSA) is 23.8 Å². The summed E-state index contributed by atoms with van der Waals surface area (Å²) >= 11 is 1.69. The first-order valence-electron chi connectivity index (χ1n) is 4.78. The van der Waals surface area contributed by atoms with Gasteiger partial charge in [0.2, 0.25) is 0 Å². The van der Waals surface area contributed by atoms with E-state index in [-0.39, 0.29) is 10.8 Å². The van der Waals surface area contributed by atoms with Crippen LogP contribution in [0, 0.1) is 11.3 Å². The second kappa shape index (κ2) is 3.40. The number of thiophene rings is 1. The first kappa shape index (κ1) is 11.3. The van der Waals surface area contributed by atoms with Crippen molar-refractivity contribution >= 4 is 11.3 Å². The molecule has 76 valence electrons. The molecule has 0 saturated carbocycles. The van der Waals surface area contributed by atoms with Gasteiger partial charge in [-0.3, -0.25) is 0 Å². The lowest BCUT2D eigenvalue weighted by Gasteiger charge is -2.17. The highest BCUT2D eigenvalue weighted by molar-refractivity contribution is 7.10. The Balaban J connectivity index is 3.08. The van der Waals surface area contributed by atoms with Crippen LogP contribution in [0.1, 0.15) is 45.1 Å².